The largest absolute Gasteiger partial charge is 0.352 e. The average Bonchev–Trinajstić information content (AvgIpc) is 2.51. The SMILES string of the molecule is CC(C)Nc1ncc2c(n1)N(C)C(=O)N(c1ccccc1Cl)C2. The van der Waals surface area contributed by atoms with E-state index in [4.69, 9.17) is 11.6 Å². The van der Waals surface area contributed by atoms with E-state index in [1.165, 1.54) is 4.90 Å². The van der Waals surface area contributed by atoms with Gasteiger partial charge in [0, 0.05) is 24.8 Å². The van der Waals surface area contributed by atoms with E-state index >= 15 is 0 Å². The van der Waals surface area contributed by atoms with E-state index in [0.717, 1.165) is 5.56 Å². The maximum Gasteiger partial charge on any atom is 0.330 e. The molecule has 1 aromatic heterocycles. The molecule has 1 aliphatic heterocycles. The van der Waals surface area contributed by atoms with Crippen LogP contribution in [0.1, 0.15) is 19.4 Å². The van der Waals surface area contributed by atoms with Crippen molar-refractivity contribution in [3.63, 3.8) is 0 Å². The number of carbonyl (C=O) groups excluding carboxylic acids is 1. The Labute approximate surface area is 140 Å². The van der Waals surface area contributed by atoms with Crippen molar-refractivity contribution in [1.82, 2.24) is 9.97 Å². The number of aromatic nitrogens is 2. The lowest BCUT2D eigenvalue weighted by Crippen LogP contribution is -2.46. The Morgan fingerprint density at radius 3 is 2.74 bits per heavy atom. The number of nitrogens with one attached hydrogen (secondary N) is 1. The third-order valence-electron chi connectivity index (χ3n) is 3.57. The molecule has 0 saturated carbocycles. The van der Waals surface area contributed by atoms with Crippen LogP contribution in [0.2, 0.25) is 5.02 Å². The summed E-state index contributed by atoms with van der Waals surface area (Å²) in [6.07, 6.45) is 1.75. The van der Waals surface area contributed by atoms with Crippen LogP contribution in [-0.2, 0) is 6.54 Å². The van der Waals surface area contributed by atoms with Gasteiger partial charge in [-0.3, -0.25) is 9.80 Å². The Hall–Kier alpha value is -2.34. The second kappa shape index (κ2) is 6.04. The molecule has 0 atom stereocenters. The highest BCUT2D eigenvalue weighted by Gasteiger charge is 2.31. The summed E-state index contributed by atoms with van der Waals surface area (Å²) >= 11 is 6.23. The summed E-state index contributed by atoms with van der Waals surface area (Å²) in [6.45, 7) is 4.41. The number of carbonyl (C=O) groups is 1. The molecule has 1 N–H and O–H groups in total. The summed E-state index contributed by atoms with van der Waals surface area (Å²) in [6, 6.07) is 7.35. The second-order valence-corrected chi connectivity index (χ2v) is 6.13. The van der Waals surface area contributed by atoms with Crippen molar-refractivity contribution in [2.75, 3.05) is 22.2 Å². The van der Waals surface area contributed by atoms with Crippen molar-refractivity contribution in [3.05, 3.63) is 41.0 Å². The summed E-state index contributed by atoms with van der Waals surface area (Å²) in [4.78, 5) is 24.6. The number of urea groups is 1. The molecule has 0 aliphatic carbocycles. The Bertz CT molecular complexity index is 749. The quantitative estimate of drug-likeness (QED) is 0.934. The molecule has 1 aliphatic rings. The molecule has 3 rings (SSSR count). The van der Waals surface area contributed by atoms with E-state index in [2.05, 4.69) is 15.3 Å². The van der Waals surface area contributed by atoms with Gasteiger partial charge in [0.2, 0.25) is 5.95 Å². The van der Waals surface area contributed by atoms with E-state index in [1.807, 2.05) is 32.0 Å². The van der Waals surface area contributed by atoms with Crippen LogP contribution < -0.4 is 15.1 Å². The van der Waals surface area contributed by atoms with E-state index < -0.39 is 0 Å². The van der Waals surface area contributed by atoms with Gasteiger partial charge in [0.1, 0.15) is 5.82 Å². The first-order chi connectivity index (χ1) is 11.0. The lowest BCUT2D eigenvalue weighted by Gasteiger charge is -2.34. The van der Waals surface area contributed by atoms with Gasteiger partial charge in [-0.2, -0.15) is 4.98 Å². The minimum absolute atomic E-state index is 0.167. The zero-order valence-electron chi connectivity index (χ0n) is 13.2. The van der Waals surface area contributed by atoms with Crippen molar-refractivity contribution < 1.29 is 4.79 Å². The molecule has 0 saturated heterocycles. The fraction of sp³-hybridized carbons (Fsp3) is 0.312. The average molecular weight is 332 g/mol. The Morgan fingerprint density at radius 1 is 1.30 bits per heavy atom. The van der Waals surface area contributed by atoms with E-state index in [1.54, 1.807) is 24.2 Å². The summed E-state index contributed by atoms with van der Waals surface area (Å²) < 4.78 is 0. The number of para-hydroxylation sites is 1. The fourth-order valence-corrected chi connectivity index (χ4v) is 2.73. The molecule has 7 heteroatoms. The summed E-state index contributed by atoms with van der Waals surface area (Å²) in [5, 5.41) is 3.69. The monoisotopic (exact) mass is 331 g/mol. The molecule has 6 nitrogen and oxygen atoms in total. The molecule has 2 aromatic rings. The minimum atomic E-state index is -0.167. The molecule has 0 bridgehead atoms. The zero-order chi connectivity index (χ0) is 16.6. The molecule has 0 radical (unpaired) electrons. The molecular weight excluding hydrogens is 314 g/mol. The van der Waals surface area contributed by atoms with Gasteiger partial charge in [-0.25, -0.2) is 9.78 Å². The highest BCUT2D eigenvalue weighted by Crippen LogP contribution is 2.33. The van der Waals surface area contributed by atoms with Crippen LogP contribution in [0.15, 0.2) is 30.5 Å². The maximum atomic E-state index is 12.7. The molecule has 23 heavy (non-hydrogen) atoms. The van der Waals surface area contributed by atoms with Gasteiger partial charge in [-0.05, 0) is 26.0 Å². The van der Waals surface area contributed by atoms with Crippen molar-refractivity contribution in [2.24, 2.45) is 0 Å². The van der Waals surface area contributed by atoms with Crippen LogP contribution >= 0.6 is 11.6 Å². The van der Waals surface area contributed by atoms with Gasteiger partial charge in [0.25, 0.3) is 0 Å². The molecule has 2 amide bonds. The molecule has 0 spiro atoms. The van der Waals surface area contributed by atoms with Gasteiger partial charge in [-0.15, -0.1) is 0 Å². The molecular formula is C16H18ClN5O. The van der Waals surface area contributed by atoms with Crippen LogP contribution in [0.25, 0.3) is 0 Å². The van der Waals surface area contributed by atoms with Crippen molar-refractivity contribution >= 4 is 35.1 Å². The van der Waals surface area contributed by atoms with Crippen LogP contribution in [0.3, 0.4) is 0 Å². The minimum Gasteiger partial charge on any atom is -0.352 e. The Kier molecular flexibility index (Phi) is 4.09. The number of amides is 2. The first-order valence-corrected chi connectivity index (χ1v) is 7.77. The van der Waals surface area contributed by atoms with E-state index in [-0.39, 0.29) is 12.1 Å². The van der Waals surface area contributed by atoms with Gasteiger partial charge in [0.05, 0.1) is 17.3 Å². The van der Waals surface area contributed by atoms with E-state index in [0.29, 0.717) is 29.0 Å². The Balaban J connectivity index is 1.97. The lowest BCUT2D eigenvalue weighted by molar-refractivity contribution is 0.251. The van der Waals surface area contributed by atoms with Crippen LogP contribution in [-0.4, -0.2) is 29.1 Å². The van der Waals surface area contributed by atoms with Gasteiger partial charge in [0.15, 0.2) is 0 Å². The van der Waals surface area contributed by atoms with Crippen LogP contribution in [0, 0.1) is 0 Å². The standard InChI is InChI=1S/C16H18ClN5O/c1-10(2)19-15-18-8-11-9-22(13-7-5-4-6-12(13)17)16(23)21(3)14(11)20-15/h4-8,10H,9H2,1-3H3,(H,18,19,20). The number of nitrogens with zero attached hydrogens (tertiary/aromatic N) is 4. The number of hydrogen-bond acceptors (Lipinski definition) is 4. The predicted molar refractivity (Wildman–Crippen MR) is 92.2 cm³/mol. The lowest BCUT2D eigenvalue weighted by atomic mass is 10.2. The molecule has 0 unspecified atom stereocenters. The molecule has 0 fully saturated rings. The van der Waals surface area contributed by atoms with Crippen LogP contribution in [0.5, 0.6) is 0 Å². The number of fused-ring (bicyclic) bond motifs is 1. The molecule has 1 aromatic carbocycles. The normalized spacial score (nSPS) is 14.2. The number of hydrogen-bond donors (Lipinski definition) is 1. The second-order valence-electron chi connectivity index (χ2n) is 5.72. The smallest absolute Gasteiger partial charge is 0.330 e. The number of anilines is 3. The topological polar surface area (TPSA) is 61.4 Å². The zero-order valence-corrected chi connectivity index (χ0v) is 14.0. The first kappa shape index (κ1) is 15.6. The molecule has 120 valence electrons. The summed E-state index contributed by atoms with van der Waals surface area (Å²) in [7, 11) is 1.70. The number of rotatable bonds is 3. The third-order valence-corrected chi connectivity index (χ3v) is 3.89. The highest BCUT2D eigenvalue weighted by molar-refractivity contribution is 6.34. The van der Waals surface area contributed by atoms with Crippen LogP contribution in [0.4, 0.5) is 22.2 Å². The predicted octanol–water partition coefficient (Wildman–Crippen LogP) is 3.53. The summed E-state index contributed by atoms with van der Waals surface area (Å²) in [5.74, 6) is 1.14. The van der Waals surface area contributed by atoms with Crippen molar-refractivity contribution in [3.8, 4) is 0 Å². The van der Waals surface area contributed by atoms with E-state index in [9.17, 15) is 4.79 Å². The van der Waals surface area contributed by atoms with Gasteiger partial charge >= 0.3 is 6.03 Å². The maximum absolute atomic E-state index is 12.7. The fourth-order valence-electron chi connectivity index (χ4n) is 2.50. The molecule has 2 heterocycles. The number of benzene rings is 1. The highest BCUT2D eigenvalue weighted by atomic mass is 35.5. The van der Waals surface area contributed by atoms with Crippen molar-refractivity contribution in [1.29, 1.82) is 0 Å². The Morgan fingerprint density at radius 2 is 2.04 bits per heavy atom. The van der Waals surface area contributed by atoms with Crippen molar-refractivity contribution in [2.45, 2.75) is 26.4 Å². The first-order valence-electron chi connectivity index (χ1n) is 7.39. The summed E-state index contributed by atoms with van der Waals surface area (Å²) in [5.41, 5.74) is 1.56. The van der Waals surface area contributed by atoms with Gasteiger partial charge < -0.3 is 5.32 Å². The third kappa shape index (κ3) is 2.94. The number of halogens is 1. The van der Waals surface area contributed by atoms with Gasteiger partial charge in [-0.1, -0.05) is 23.7 Å².